The van der Waals surface area contributed by atoms with Crippen LogP contribution in [-0.2, 0) is 14.3 Å². The van der Waals surface area contributed by atoms with Crippen molar-refractivity contribution in [3.8, 4) is 0 Å². The monoisotopic (exact) mass is 238 g/mol. The standard InChI is InChI=1S/C10H13F3O3/c1-6(2)8(14)16-9(3)4-7(15-5-9)10(11,12)13/h7H,1,4-5H2,2-3H3. The zero-order chi connectivity index (χ0) is 12.6. The molecule has 2 unspecified atom stereocenters. The molecule has 1 aliphatic heterocycles. The van der Waals surface area contributed by atoms with Gasteiger partial charge in [-0.2, -0.15) is 13.2 Å². The van der Waals surface area contributed by atoms with Crippen molar-refractivity contribution in [1.82, 2.24) is 0 Å². The van der Waals surface area contributed by atoms with E-state index in [1.165, 1.54) is 13.8 Å². The van der Waals surface area contributed by atoms with Crippen molar-refractivity contribution < 1.29 is 27.4 Å². The molecule has 1 fully saturated rings. The lowest BCUT2D eigenvalue weighted by molar-refractivity contribution is -0.206. The summed E-state index contributed by atoms with van der Waals surface area (Å²) in [4.78, 5) is 11.2. The summed E-state index contributed by atoms with van der Waals surface area (Å²) in [6.07, 6.45) is -6.67. The fraction of sp³-hybridized carbons (Fsp3) is 0.700. The number of carbonyl (C=O) groups is 1. The maximum Gasteiger partial charge on any atom is 0.414 e. The maximum atomic E-state index is 12.3. The van der Waals surface area contributed by atoms with E-state index in [4.69, 9.17) is 4.74 Å². The molecule has 0 spiro atoms. The second-order valence-electron chi connectivity index (χ2n) is 4.17. The summed E-state index contributed by atoms with van der Waals surface area (Å²) in [5, 5.41) is 0. The maximum absolute atomic E-state index is 12.3. The molecule has 2 atom stereocenters. The van der Waals surface area contributed by atoms with Crippen molar-refractivity contribution in [3.05, 3.63) is 12.2 Å². The Hall–Kier alpha value is -1.04. The van der Waals surface area contributed by atoms with E-state index in [1.807, 2.05) is 0 Å². The van der Waals surface area contributed by atoms with Crippen LogP contribution in [0.3, 0.4) is 0 Å². The number of rotatable bonds is 2. The lowest BCUT2D eigenvalue weighted by Crippen LogP contribution is -2.34. The molecule has 0 amide bonds. The van der Waals surface area contributed by atoms with Crippen LogP contribution in [0, 0.1) is 0 Å². The number of alkyl halides is 3. The smallest absolute Gasteiger partial charge is 0.414 e. The van der Waals surface area contributed by atoms with Crippen molar-refractivity contribution in [3.63, 3.8) is 0 Å². The van der Waals surface area contributed by atoms with Crippen LogP contribution in [0.5, 0.6) is 0 Å². The SMILES string of the molecule is C=C(C)C(=O)OC1(C)COC(C(F)(F)F)C1. The van der Waals surface area contributed by atoms with Crippen molar-refractivity contribution >= 4 is 5.97 Å². The number of ether oxygens (including phenoxy) is 2. The van der Waals surface area contributed by atoms with Gasteiger partial charge in [-0.15, -0.1) is 0 Å². The molecule has 1 rings (SSSR count). The molecule has 1 aliphatic rings. The summed E-state index contributed by atoms with van der Waals surface area (Å²) in [6.45, 7) is 5.95. The van der Waals surface area contributed by atoms with E-state index in [1.54, 1.807) is 0 Å². The summed E-state index contributed by atoms with van der Waals surface area (Å²) < 4.78 is 46.5. The average molecular weight is 238 g/mol. The minimum atomic E-state index is -4.42. The highest BCUT2D eigenvalue weighted by molar-refractivity contribution is 5.87. The third-order valence-electron chi connectivity index (χ3n) is 2.26. The quantitative estimate of drug-likeness (QED) is 0.546. The summed E-state index contributed by atoms with van der Waals surface area (Å²) >= 11 is 0. The topological polar surface area (TPSA) is 35.5 Å². The Bertz CT molecular complexity index is 311. The van der Waals surface area contributed by atoms with Crippen molar-refractivity contribution in [2.45, 2.75) is 38.1 Å². The van der Waals surface area contributed by atoms with Gasteiger partial charge in [-0.25, -0.2) is 4.79 Å². The number of carbonyl (C=O) groups excluding carboxylic acids is 1. The van der Waals surface area contributed by atoms with Crippen LogP contribution in [-0.4, -0.2) is 30.5 Å². The Kier molecular flexibility index (Phi) is 3.33. The predicted octanol–water partition coefficient (Wildman–Crippen LogP) is 2.22. The predicted molar refractivity (Wildman–Crippen MR) is 49.7 cm³/mol. The van der Waals surface area contributed by atoms with Crippen LogP contribution >= 0.6 is 0 Å². The molecule has 0 radical (unpaired) electrons. The molecule has 0 N–H and O–H groups in total. The first-order valence-electron chi connectivity index (χ1n) is 4.71. The molecular formula is C10H13F3O3. The first-order valence-corrected chi connectivity index (χ1v) is 4.71. The number of esters is 1. The summed E-state index contributed by atoms with van der Waals surface area (Å²) in [7, 11) is 0. The summed E-state index contributed by atoms with van der Waals surface area (Å²) in [5.41, 5.74) is -1.08. The van der Waals surface area contributed by atoms with Gasteiger partial charge in [-0.05, 0) is 13.8 Å². The van der Waals surface area contributed by atoms with E-state index >= 15 is 0 Å². The molecule has 0 bridgehead atoms. The largest absolute Gasteiger partial charge is 0.453 e. The summed E-state index contributed by atoms with van der Waals surface area (Å²) in [5.74, 6) is -0.700. The molecule has 1 saturated heterocycles. The van der Waals surface area contributed by atoms with Gasteiger partial charge in [-0.1, -0.05) is 6.58 Å². The molecule has 0 aromatic heterocycles. The van der Waals surface area contributed by atoms with Gasteiger partial charge in [0.1, 0.15) is 5.60 Å². The Morgan fingerprint density at radius 1 is 1.56 bits per heavy atom. The highest BCUT2D eigenvalue weighted by Crippen LogP contribution is 2.37. The zero-order valence-electron chi connectivity index (χ0n) is 9.06. The van der Waals surface area contributed by atoms with Crippen molar-refractivity contribution in [2.75, 3.05) is 6.61 Å². The van der Waals surface area contributed by atoms with E-state index < -0.39 is 23.9 Å². The lowest BCUT2D eigenvalue weighted by Gasteiger charge is -2.23. The van der Waals surface area contributed by atoms with Crippen LogP contribution in [0.2, 0.25) is 0 Å². The van der Waals surface area contributed by atoms with E-state index in [2.05, 4.69) is 11.3 Å². The first-order chi connectivity index (χ1) is 7.14. The van der Waals surface area contributed by atoms with Crippen molar-refractivity contribution in [2.24, 2.45) is 0 Å². The second kappa shape index (κ2) is 4.08. The van der Waals surface area contributed by atoms with Crippen LogP contribution in [0.1, 0.15) is 20.3 Å². The zero-order valence-corrected chi connectivity index (χ0v) is 9.06. The third-order valence-corrected chi connectivity index (χ3v) is 2.26. The molecule has 1 heterocycles. The van der Waals surface area contributed by atoms with Crippen LogP contribution < -0.4 is 0 Å². The van der Waals surface area contributed by atoms with Gasteiger partial charge in [0, 0.05) is 12.0 Å². The second-order valence-corrected chi connectivity index (χ2v) is 4.17. The molecule has 0 aromatic rings. The average Bonchev–Trinajstić information content (AvgIpc) is 2.46. The molecule has 0 saturated carbocycles. The van der Waals surface area contributed by atoms with Gasteiger partial charge in [-0.3, -0.25) is 0 Å². The van der Waals surface area contributed by atoms with Gasteiger partial charge in [0.15, 0.2) is 6.10 Å². The number of hydrogen-bond acceptors (Lipinski definition) is 3. The van der Waals surface area contributed by atoms with Crippen LogP contribution in [0.15, 0.2) is 12.2 Å². The Morgan fingerprint density at radius 3 is 2.50 bits per heavy atom. The first kappa shape index (κ1) is 13.0. The van der Waals surface area contributed by atoms with Gasteiger partial charge in [0.05, 0.1) is 6.61 Å². The summed E-state index contributed by atoms with van der Waals surface area (Å²) in [6, 6.07) is 0. The number of halogens is 3. The van der Waals surface area contributed by atoms with E-state index in [0.29, 0.717) is 0 Å². The number of hydrogen-bond donors (Lipinski definition) is 0. The fourth-order valence-corrected chi connectivity index (χ4v) is 1.38. The molecular weight excluding hydrogens is 225 g/mol. The van der Waals surface area contributed by atoms with Gasteiger partial charge in [0.2, 0.25) is 0 Å². The Labute approximate surface area is 91.2 Å². The molecule has 0 aromatic carbocycles. The van der Waals surface area contributed by atoms with Gasteiger partial charge >= 0.3 is 12.1 Å². The normalized spacial score (nSPS) is 30.2. The van der Waals surface area contributed by atoms with E-state index in [-0.39, 0.29) is 18.6 Å². The van der Waals surface area contributed by atoms with Crippen molar-refractivity contribution in [1.29, 1.82) is 0 Å². The highest BCUT2D eigenvalue weighted by atomic mass is 19.4. The highest BCUT2D eigenvalue weighted by Gasteiger charge is 2.51. The lowest BCUT2D eigenvalue weighted by atomic mass is 10.0. The van der Waals surface area contributed by atoms with Gasteiger partial charge in [0.25, 0.3) is 0 Å². The Morgan fingerprint density at radius 2 is 2.12 bits per heavy atom. The fourth-order valence-electron chi connectivity index (χ4n) is 1.38. The third kappa shape index (κ3) is 2.98. The van der Waals surface area contributed by atoms with Crippen LogP contribution in [0.4, 0.5) is 13.2 Å². The molecule has 0 aliphatic carbocycles. The van der Waals surface area contributed by atoms with E-state index in [9.17, 15) is 18.0 Å². The molecule has 3 nitrogen and oxygen atoms in total. The minimum Gasteiger partial charge on any atom is -0.453 e. The molecule has 6 heteroatoms. The van der Waals surface area contributed by atoms with E-state index in [0.717, 1.165) is 0 Å². The minimum absolute atomic E-state index is 0.150. The molecule has 16 heavy (non-hydrogen) atoms. The molecule has 92 valence electrons. The Balaban J connectivity index is 2.63. The van der Waals surface area contributed by atoms with Gasteiger partial charge < -0.3 is 9.47 Å². The van der Waals surface area contributed by atoms with Crippen LogP contribution in [0.25, 0.3) is 0 Å².